The number of rotatable bonds is 19. The molecule has 1 rings (SSSR count). The van der Waals surface area contributed by atoms with Crippen LogP contribution in [0.4, 0.5) is 4.79 Å². The molecule has 4 amide bonds. The van der Waals surface area contributed by atoms with E-state index < -0.39 is 79.1 Å². The second-order valence-corrected chi connectivity index (χ2v) is 8.41. The third-order valence-electron chi connectivity index (χ3n) is 5.27. The van der Waals surface area contributed by atoms with Gasteiger partial charge in [-0.1, -0.05) is 0 Å². The molecule has 0 bridgehead atoms. The number of hydrogen-bond donors (Lipinski definition) is 9. The highest BCUT2D eigenvalue weighted by molar-refractivity contribution is 5.89. The van der Waals surface area contributed by atoms with Crippen LogP contribution in [0.5, 0.6) is 0 Å². The maximum absolute atomic E-state index is 12.6. The lowest BCUT2D eigenvalue weighted by atomic mass is 10.1. The van der Waals surface area contributed by atoms with Gasteiger partial charge in [0, 0.05) is 37.7 Å². The Bertz CT molecular complexity index is 1010. The Balaban J connectivity index is 2.54. The van der Waals surface area contributed by atoms with Crippen molar-refractivity contribution in [2.45, 2.75) is 69.5 Å². The Morgan fingerprint density at radius 1 is 0.769 bits per heavy atom. The Morgan fingerprint density at radius 2 is 1.38 bits per heavy atom. The van der Waals surface area contributed by atoms with E-state index in [-0.39, 0.29) is 32.2 Å². The van der Waals surface area contributed by atoms with Crippen LogP contribution in [0.1, 0.15) is 50.6 Å². The van der Waals surface area contributed by atoms with E-state index in [9.17, 15) is 38.7 Å². The molecule has 0 unspecified atom stereocenters. The minimum Gasteiger partial charge on any atom is -0.481 e. The Kier molecular flexibility index (Phi) is 14.0. The van der Waals surface area contributed by atoms with Crippen molar-refractivity contribution in [2.75, 3.05) is 6.54 Å². The number of carboxylic acids is 4. The molecule has 1 heterocycles. The van der Waals surface area contributed by atoms with Crippen LogP contribution >= 0.6 is 0 Å². The second kappa shape index (κ2) is 16.9. The van der Waals surface area contributed by atoms with Crippen LogP contribution in [-0.4, -0.2) is 96.8 Å². The largest absolute Gasteiger partial charge is 0.481 e. The molecule has 0 fully saturated rings. The topological polar surface area (TPSA) is 277 Å². The molecule has 0 spiro atoms. The summed E-state index contributed by atoms with van der Waals surface area (Å²) in [5, 5.41) is 45.1. The first-order chi connectivity index (χ1) is 18.4. The highest BCUT2D eigenvalue weighted by atomic mass is 16.4. The maximum Gasteiger partial charge on any atom is 0.326 e. The summed E-state index contributed by atoms with van der Waals surface area (Å²) in [5.41, 5.74) is 0.551. The summed E-state index contributed by atoms with van der Waals surface area (Å²) in [6.07, 6.45) is 1.76. The highest BCUT2D eigenvalue weighted by Crippen LogP contribution is 2.04. The molecule has 3 atom stereocenters. The number of aromatic nitrogens is 2. The molecule has 39 heavy (non-hydrogen) atoms. The minimum atomic E-state index is -1.52. The molecule has 17 heteroatoms. The van der Waals surface area contributed by atoms with Gasteiger partial charge < -0.3 is 46.7 Å². The van der Waals surface area contributed by atoms with E-state index in [4.69, 9.17) is 15.3 Å². The number of carboxylic acid groups (broad SMARTS) is 4. The van der Waals surface area contributed by atoms with E-state index in [1.807, 2.05) is 5.32 Å². The fourth-order valence-corrected chi connectivity index (χ4v) is 3.26. The van der Waals surface area contributed by atoms with Crippen LogP contribution in [0.25, 0.3) is 0 Å². The Hall–Kier alpha value is -4.70. The molecule has 0 radical (unpaired) electrons. The van der Waals surface area contributed by atoms with E-state index in [0.717, 1.165) is 0 Å². The zero-order chi connectivity index (χ0) is 29.4. The third kappa shape index (κ3) is 14.0. The number of imidazole rings is 1. The van der Waals surface area contributed by atoms with Crippen molar-refractivity contribution in [1.29, 1.82) is 0 Å². The van der Waals surface area contributed by atoms with Crippen molar-refractivity contribution >= 4 is 41.7 Å². The van der Waals surface area contributed by atoms with Gasteiger partial charge in [0.1, 0.15) is 18.1 Å². The standard InChI is InChI=1S/C22H32N6O11/c29-16(5-7-18(32)33)26-15(9-12-10-23-11-25-12)19(34)24-8-2-1-3-13(20(35)36)27-22(39)28-14(21(37)38)4-6-17(30)31/h10-11,13-15H,1-9H2,(H,23,25)(H,24,34)(H,26,29)(H,30,31)(H,32,33)(H,35,36)(H,37,38)(H2,27,28,39)/t13-,14-,15-/m0/s1. The molecule has 0 aliphatic carbocycles. The van der Waals surface area contributed by atoms with E-state index in [1.165, 1.54) is 12.5 Å². The number of aliphatic carboxylic acids is 4. The van der Waals surface area contributed by atoms with Crippen LogP contribution in [0.2, 0.25) is 0 Å². The first kappa shape index (κ1) is 32.3. The van der Waals surface area contributed by atoms with Gasteiger partial charge in [-0.2, -0.15) is 0 Å². The van der Waals surface area contributed by atoms with Gasteiger partial charge in [-0.25, -0.2) is 19.4 Å². The molecule has 0 saturated heterocycles. The highest BCUT2D eigenvalue weighted by Gasteiger charge is 2.25. The first-order valence-electron chi connectivity index (χ1n) is 11.9. The van der Waals surface area contributed by atoms with Gasteiger partial charge in [0.25, 0.3) is 0 Å². The van der Waals surface area contributed by atoms with Gasteiger partial charge in [0.15, 0.2) is 0 Å². The molecule has 1 aromatic heterocycles. The lowest BCUT2D eigenvalue weighted by Crippen LogP contribution is -2.51. The van der Waals surface area contributed by atoms with Crippen molar-refractivity contribution in [2.24, 2.45) is 0 Å². The van der Waals surface area contributed by atoms with Gasteiger partial charge in [-0.3, -0.25) is 19.2 Å². The summed E-state index contributed by atoms with van der Waals surface area (Å²) in [7, 11) is 0. The van der Waals surface area contributed by atoms with Gasteiger partial charge in [0.05, 0.1) is 12.7 Å². The second-order valence-electron chi connectivity index (χ2n) is 8.41. The molecule has 0 aliphatic rings. The average molecular weight is 557 g/mol. The fourth-order valence-electron chi connectivity index (χ4n) is 3.26. The van der Waals surface area contributed by atoms with Crippen LogP contribution < -0.4 is 21.3 Å². The van der Waals surface area contributed by atoms with Crippen LogP contribution in [0.3, 0.4) is 0 Å². The summed E-state index contributed by atoms with van der Waals surface area (Å²) in [5.74, 6) is -6.45. The smallest absolute Gasteiger partial charge is 0.326 e. The number of carbonyl (C=O) groups excluding carboxylic acids is 3. The normalized spacial score (nSPS) is 12.8. The minimum absolute atomic E-state index is 0.0605. The number of amides is 4. The number of H-pyrrole nitrogens is 1. The van der Waals surface area contributed by atoms with Gasteiger partial charge in [0.2, 0.25) is 11.8 Å². The predicted octanol–water partition coefficient (Wildman–Crippen LogP) is -1.34. The zero-order valence-electron chi connectivity index (χ0n) is 20.8. The van der Waals surface area contributed by atoms with Gasteiger partial charge in [-0.05, 0) is 25.7 Å². The molecule has 17 nitrogen and oxygen atoms in total. The number of nitrogens with zero attached hydrogens (tertiary/aromatic N) is 1. The number of urea groups is 1. The molecular weight excluding hydrogens is 524 g/mol. The van der Waals surface area contributed by atoms with Gasteiger partial charge in [-0.15, -0.1) is 0 Å². The lowest BCUT2D eigenvalue weighted by molar-refractivity contribution is -0.141. The molecule has 0 saturated carbocycles. The zero-order valence-corrected chi connectivity index (χ0v) is 20.8. The van der Waals surface area contributed by atoms with Crippen LogP contribution in [0, 0.1) is 0 Å². The molecule has 216 valence electrons. The number of hydrogen-bond acceptors (Lipinski definition) is 8. The van der Waals surface area contributed by atoms with Crippen molar-refractivity contribution in [1.82, 2.24) is 31.2 Å². The molecule has 9 N–H and O–H groups in total. The third-order valence-corrected chi connectivity index (χ3v) is 5.27. The number of aromatic amines is 1. The summed E-state index contributed by atoms with van der Waals surface area (Å²) in [6.45, 7) is 0.0954. The Labute approximate surface area is 221 Å². The lowest BCUT2D eigenvalue weighted by Gasteiger charge is -2.19. The summed E-state index contributed by atoms with van der Waals surface area (Å²) >= 11 is 0. The summed E-state index contributed by atoms with van der Waals surface area (Å²) in [6, 6.07) is -5.01. The first-order valence-corrected chi connectivity index (χ1v) is 11.9. The van der Waals surface area contributed by atoms with Crippen molar-refractivity contribution in [3.63, 3.8) is 0 Å². The maximum atomic E-state index is 12.6. The summed E-state index contributed by atoms with van der Waals surface area (Å²) in [4.78, 5) is 87.3. The van der Waals surface area contributed by atoms with E-state index in [2.05, 4.69) is 25.9 Å². The van der Waals surface area contributed by atoms with E-state index in [1.54, 1.807) is 0 Å². The van der Waals surface area contributed by atoms with Crippen LogP contribution in [-0.2, 0) is 35.2 Å². The predicted molar refractivity (Wildman–Crippen MR) is 129 cm³/mol. The molecule has 0 aliphatic heterocycles. The molecular formula is C22H32N6O11. The SMILES string of the molecule is O=C(O)CCC(=O)N[C@@H](Cc1cnc[nH]1)C(=O)NCCCC[C@H](NC(=O)N[C@@H](CCC(=O)O)C(=O)O)C(=O)O. The van der Waals surface area contributed by atoms with E-state index >= 15 is 0 Å². The van der Waals surface area contributed by atoms with Crippen LogP contribution in [0.15, 0.2) is 12.5 Å². The van der Waals surface area contributed by atoms with Crippen molar-refractivity contribution in [3.05, 3.63) is 18.2 Å². The quantitative estimate of drug-likeness (QED) is 0.0895. The number of unbranched alkanes of at least 4 members (excludes halogenated alkanes) is 1. The average Bonchev–Trinajstić information content (AvgIpc) is 3.36. The van der Waals surface area contributed by atoms with Crippen molar-refractivity contribution < 1.29 is 54.0 Å². The molecule has 0 aromatic carbocycles. The number of nitrogens with one attached hydrogen (secondary N) is 5. The summed E-state index contributed by atoms with van der Waals surface area (Å²) < 4.78 is 0. The number of carbonyl (C=O) groups is 7. The van der Waals surface area contributed by atoms with Crippen molar-refractivity contribution in [3.8, 4) is 0 Å². The van der Waals surface area contributed by atoms with Gasteiger partial charge >= 0.3 is 29.9 Å². The fraction of sp³-hybridized carbons (Fsp3) is 0.545. The van der Waals surface area contributed by atoms with E-state index in [0.29, 0.717) is 12.1 Å². The molecule has 1 aromatic rings. The Morgan fingerprint density at radius 3 is 1.92 bits per heavy atom. The monoisotopic (exact) mass is 556 g/mol.